The fourth-order valence-electron chi connectivity index (χ4n) is 2.31. The summed E-state index contributed by atoms with van der Waals surface area (Å²) in [5, 5.41) is 9.98. The molecule has 19 heavy (non-hydrogen) atoms. The van der Waals surface area contributed by atoms with Crippen LogP contribution < -0.4 is 0 Å². The zero-order valence-electron chi connectivity index (χ0n) is 11.5. The van der Waals surface area contributed by atoms with Gasteiger partial charge in [-0.3, -0.25) is 9.78 Å². The van der Waals surface area contributed by atoms with E-state index in [1.807, 2.05) is 6.07 Å². The first-order valence-electron chi connectivity index (χ1n) is 6.77. The van der Waals surface area contributed by atoms with Crippen LogP contribution in [0, 0.1) is 0 Å². The van der Waals surface area contributed by atoms with Crippen molar-refractivity contribution in [1.29, 1.82) is 0 Å². The summed E-state index contributed by atoms with van der Waals surface area (Å²) in [6.07, 6.45) is 6.61. The Kier molecular flexibility index (Phi) is 4.32. The van der Waals surface area contributed by atoms with E-state index in [-0.39, 0.29) is 12.4 Å². The van der Waals surface area contributed by atoms with Crippen molar-refractivity contribution in [2.24, 2.45) is 0 Å². The van der Waals surface area contributed by atoms with Gasteiger partial charge in [-0.25, -0.2) is 0 Å². The highest BCUT2D eigenvalue weighted by atomic mass is 16.2. The molecule has 0 radical (unpaired) electrons. The Hall–Kier alpha value is -1.68. The van der Waals surface area contributed by atoms with Gasteiger partial charge < -0.3 is 9.67 Å². The lowest BCUT2D eigenvalue weighted by molar-refractivity contribution is 0.101. The molecule has 102 valence electrons. The summed E-state index contributed by atoms with van der Waals surface area (Å²) < 4.78 is 2.16. The standard InChI is InChI=1S/C15H20N2O2/c1-3-12-10-17(6-4-5-7-18)15-8-14(11(2)19)16-9-13(12)15/h8-10,18H,3-7H2,1-2H3. The van der Waals surface area contributed by atoms with Gasteiger partial charge in [-0.2, -0.15) is 0 Å². The SMILES string of the molecule is CCc1cn(CCCCO)c2cc(C(C)=O)ncc12. The first kappa shape index (κ1) is 13.7. The zero-order valence-corrected chi connectivity index (χ0v) is 11.5. The minimum absolute atomic E-state index is 0.0111. The van der Waals surface area contributed by atoms with Crippen molar-refractivity contribution in [1.82, 2.24) is 9.55 Å². The molecule has 2 rings (SSSR count). The number of unbranched alkanes of at least 4 members (excludes halogenated alkanes) is 1. The second kappa shape index (κ2) is 5.97. The first-order valence-corrected chi connectivity index (χ1v) is 6.77. The molecule has 4 nitrogen and oxygen atoms in total. The third kappa shape index (κ3) is 2.84. The van der Waals surface area contributed by atoms with Crippen LogP contribution in [0.4, 0.5) is 0 Å². The molecule has 0 aromatic carbocycles. The summed E-state index contributed by atoms with van der Waals surface area (Å²) in [5.74, 6) is -0.0111. The molecule has 0 spiro atoms. The Labute approximate surface area is 113 Å². The molecule has 0 unspecified atom stereocenters. The number of carbonyl (C=O) groups excluding carboxylic acids is 1. The van der Waals surface area contributed by atoms with Crippen molar-refractivity contribution in [3.8, 4) is 0 Å². The Bertz CT molecular complexity index is 587. The minimum atomic E-state index is -0.0111. The molecule has 2 heterocycles. The molecule has 0 saturated carbocycles. The maximum Gasteiger partial charge on any atom is 0.178 e. The molecule has 0 fully saturated rings. The molecule has 0 atom stereocenters. The summed E-state index contributed by atoms with van der Waals surface area (Å²) >= 11 is 0. The molecular weight excluding hydrogens is 240 g/mol. The number of pyridine rings is 1. The molecule has 0 aliphatic carbocycles. The van der Waals surface area contributed by atoms with Crippen molar-refractivity contribution in [2.45, 2.75) is 39.7 Å². The minimum Gasteiger partial charge on any atom is -0.396 e. The predicted molar refractivity (Wildman–Crippen MR) is 75.4 cm³/mol. The van der Waals surface area contributed by atoms with Crippen LogP contribution in [-0.2, 0) is 13.0 Å². The lowest BCUT2D eigenvalue weighted by Gasteiger charge is -2.05. The molecule has 4 heteroatoms. The van der Waals surface area contributed by atoms with Gasteiger partial charge in [-0.1, -0.05) is 6.92 Å². The van der Waals surface area contributed by atoms with Gasteiger partial charge in [0.25, 0.3) is 0 Å². The number of rotatable bonds is 6. The summed E-state index contributed by atoms with van der Waals surface area (Å²) in [7, 11) is 0. The highest BCUT2D eigenvalue weighted by molar-refractivity contribution is 5.96. The van der Waals surface area contributed by atoms with Crippen LogP contribution in [0.3, 0.4) is 0 Å². The number of fused-ring (bicyclic) bond motifs is 1. The second-order valence-electron chi connectivity index (χ2n) is 4.77. The number of aromatic nitrogens is 2. The van der Waals surface area contributed by atoms with Crippen molar-refractivity contribution in [3.05, 3.63) is 29.7 Å². The van der Waals surface area contributed by atoms with Gasteiger partial charge in [-0.05, 0) is 30.9 Å². The number of carbonyl (C=O) groups is 1. The van der Waals surface area contributed by atoms with Gasteiger partial charge in [0, 0.05) is 37.9 Å². The van der Waals surface area contributed by atoms with Crippen molar-refractivity contribution >= 4 is 16.7 Å². The Morgan fingerprint density at radius 1 is 1.42 bits per heavy atom. The number of Topliss-reactive ketones (excluding diaryl/α,β-unsaturated/α-hetero) is 1. The first-order chi connectivity index (χ1) is 9.17. The van der Waals surface area contributed by atoms with Crippen molar-refractivity contribution in [3.63, 3.8) is 0 Å². The smallest absolute Gasteiger partial charge is 0.178 e. The van der Waals surface area contributed by atoms with E-state index in [9.17, 15) is 4.79 Å². The van der Waals surface area contributed by atoms with Crippen LogP contribution in [-0.4, -0.2) is 27.0 Å². The fraction of sp³-hybridized carbons (Fsp3) is 0.467. The maximum atomic E-state index is 11.4. The van der Waals surface area contributed by atoms with Gasteiger partial charge in [-0.15, -0.1) is 0 Å². The molecule has 0 aliphatic rings. The molecule has 0 bridgehead atoms. The zero-order chi connectivity index (χ0) is 13.8. The Balaban J connectivity index is 2.43. The van der Waals surface area contributed by atoms with E-state index in [0.29, 0.717) is 5.69 Å². The van der Waals surface area contributed by atoms with E-state index in [2.05, 4.69) is 22.7 Å². The lowest BCUT2D eigenvalue weighted by Crippen LogP contribution is -2.00. The molecule has 0 amide bonds. The molecule has 2 aromatic heterocycles. The van der Waals surface area contributed by atoms with Crippen molar-refractivity contribution in [2.75, 3.05) is 6.61 Å². The average Bonchev–Trinajstić information content (AvgIpc) is 2.76. The number of nitrogens with zero attached hydrogens (tertiary/aromatic N) is 2. The lowest BCUT2D eigenvalue weighted by atomic mass is 10.1. The number of aliphatic hydroxyl groups is 1. The van der Waals surface area contributed by atoms with Crippen LogP contribution >= 0.6 is 0 Å². The van der Waals surface area contributed by atoms with Gasteiger partial charge in [0.15, 0.2) is 5.78 Å². The number of hydrogen-bond donors (Lipinski definition) is 1. The highest BCUT2D eigenvalue weighted by Crippen LogP contribution is 2.22. The number of hydrogen-bond acceptors (Lipinski definition) is 3. The Morgan fingerprint density at radius 3 is 2.84 bits per heavy atom. The van der Waals surface area contributed by atoms with Gasteiger partial charge in [0.05, 0.1) is 5.52 Å². The normalized spacial score (nSPS) is 11.1. The molecule has 1 N–H and O–H groups in total. The summed E-state index contributed by atoms with van der Waals surface area (Å²) in [6, 6.07) is 1.87. The van der Waals surface area contributed by atoms with E-state index in [1.54, 1.807) is 6.20 Å². The topological polar surface area (TPSA) is 55.1 Å². The van der Waals surface area contributed by atoms with E-state index < -0.39 is 0 Å². The van der Waals surface area contributed by atoms with Crippen LogP contribution in [0.25, 0.3) is 10.9 Å². The number of ketones is 1. The molecule has 0 saturated heterocycles. The Morgan fingerprint density at radius 2 is 2.21 bits per heavy atom. The summed E-state index contributed by atoms with van der Waals surface area (Å²) in [5.41, 5.74) is 2.83. The quantitative estimate of drug-likeness (QED) is 0.641. The van der Waals surface area contributed by atoms with E-state index >= 15 is 0 Å². The third-order valence-corrected chi connectivity index (χ3v) is 3.40. The number of aryl methyl sites for hydroxylation is 2. The maximum absolute atomic E-state index is 11.4. The number of aliphatic hydroxyl groups excluding tert-OH is 1. The highest BCUT2D eigenvalue weighted by Gasteiger charge is 2.10. The predicted octanol–water partition coefficient (Wildman–Crippen LogP) is 2.57. The van der Waals surface area contributed by atoms with Crippen molar-refractivity contribution < 1.29 is 9.90 Å². The molecular formula is C15H20N2O2. The monoisotopic (exact) mass is 260 g/mol. The summed E-state index contributed by atoms with van der Waals surface area (Å²) in [4.78, 5) is 15.7. The fourth-order valence-corrected chi connectivity index (χ4v) is 2.31. The van der Waals surface area contributed by atoms with E-state index in [4.69, 9.17) is 5.11 Å². The van der Waals surface area contributed by atoms with Crippen LogP contribution in [0.1, 0.15) is 42.7 Å². The third-order valence-electron chi connectivity index (χ3n) is 3.40. The second-order valence-corrected chi connectivity index (χ2v) is 4.77. The van der Waals surface area contributed by atoms with Gasteiger partial charge >= 0.3 is 0 Å². The largest absolute Gasteiger partial charge is 0.396 e. The molecule has 2 aromatic rings. The van der Waals surface area contributed by atoms with Crippen LogP contribution in [0.15, 0.2) is 18.5 Å². The summed E-state index contributed by atoms with van der Waals surface area (Å²) in [6.45, 7) is 4.73. The van der Waals surface area contributed by atoms with Gasteiger partial charge in [0.1, 0.15) is 5.69 Å². The van der Waals surface area contributed by atoms with E-state index in [1.165, 1.54) is 12.5 Å². The van der Waals surface area contributed by atoms with E-state index in [0.717, 1.165) is 36.7 Å². The van der Waals surface area contributed by atoms with Crippen LogP contribution in [0.5, 0.6) is 0 Å². The average molecular weight is 260 g/mol. The molecule has 0 aliphatic heterocycles. The van der Waals surface area contributed by atoms with Gasteiger partial charge in [0.2, 0.25) is 0 Å². The van der Waals surface area contributed by atoms with Crippen LogP contribution in [0.2, 0.25) is 0 Å².